The highest BCUT2D eigenvalue weighted by molar-refractivity contribution is 7.07. The molecule has 1 aliphatic carbocycles. The van der Waals surface area contributed by atoms with Crippen molar-refractivity contribution in [1.29, 1.82) is 0 Å². The Kier molecular flexibility index (Phi) is 5.68. The number of amides is 2. The van der Waals surface area contributed by atoms with Crippen molar-refractivity contribution in [3.05, 3.63) is 22.4 Å². The molecule has 128 valence electrons. The van der Waals surface area contributed by atoms with Crippen molar-refractivity contribution >= 4 is 23.3 Å². The van der Waals surface area contributed by atoms with Crippen LogP contribution in [0.1, 0.15) is 45.6 Å². The van der Waals surface area contributed by atoms with Gasteiger partial charge in [0.05, 0.1) is 0 Å². The quantitative estimate of drug-likeness (QED) is 0.915. The van der Waals surface area contributed by atoms with Gasteiger partial charge in [0.25, 0.3) is 0 Å². The van der Waals surface area contributed by atoms with E-state index in [1.165, 1.54) is 0 Å². The fraction of sp³-hybridized carbons (Fsp3) is 0.647. The molecular weight excluding hydrogens is 312 g/mol. The molecule has 1 aromatic heterocycles. The first kappa shape index (κ1) is 17.8. The lowest BCUT2D eigenvalue weighted by molar-refractivity contribution is -0.134. The molecule has 0 unspecified atom stereocenters. The van der Waals surface area contributed by atoms with Crippen LogP contribution in [-0.2, 0) is 16.1 Å². The Morgan fingerprint density at radius 3 is 2.74 bits per heavy atom. The Labute approximate surface area is 142 Å². The third kappa shape index (κ3) is 5.53. The highest BCUT2D eigenvalue weighted by Crippen LogP contribution is 2.28. The smallest absolute Gasteiger partial charge is 0.407 e. The molecule has 1 fully saturated rings. The van der Waals surface area contributed by atoms with Gasteiger partial charge < -0.3 is 15.0 Å². The Bertz CT molecular complexity index is 537. The number of nitrogens with one attached hydrogen (secondary N) is 1. The number of hydrogen-bond acceptors (Lipinski definition) is 4. The van der Waals surface area contributed by atoms with E-state index in [0.29, 0.717) is 13.0 Å². The van der Waals surface area contributed by atoms with E-state index in [1.807, 2.05) is 39.3 Å². The molecule has 0 bridgehead atoms. The van der Waals surface area contributed by atoms with Crippen LogP contribution in [-0.4, -0.2) is 35.6 Å². The van der Waals surface area contributed by atoms with Gasteiger partial charge in [-0.05, 0) is 62.4 Å². The molecule has 1 aliphatic rings. The summed E-state index contributed by atoms with van der Waals surface area (Å²) in [4.78, 5) is 26.1. The summed E-state index contributed by atoms with van der Waals surface area (Å²) >= 11 is 1.64. The zero-order valence-electron chi connectivity index (χ0n) is 14.3. The van der Waals surface area contributed by atoms with Crippen molar-refractivity contribution in [1.82, 2.24) is 10.2 Å². The van der Waals surface area contributed by atoms with Crippen LogP contribution in [0.2, 0.25) is 0 Å². The second-order valence-electron chi connectivity index (χ2n) is 7.18. The van der Waals surface area contributed by atoms with E-state index in [0.717, 1.165) is 18.4 Å². The van der Waals surface area contributed by atoms with Gasteiger partial charge in [-0.25, -0.2) is 4.79 Å². The maximum atomic E-state index is 12.5. The zero-order valence-corrected chi connectivity index (χ0v) is 15.1. The van der Waals surface area contributed by atoms with E-state index in [1.54, 1.807) is 16.2 Å². The fourth-order valence-electron chi connectivity index (χ4n) is 2.86. The van der Waals surface area contributed by atoms with Gasteiger partial charge in [-0.2, -0.15) is 11.3 Å². The molecule has 2 amide bonds. The van der Waals surface area contributed by atoms with Crippen molar-refractivity contribution in [2.24, 2.45) is 5.92 Å². The minimum absolute atomic E-state index is 0.0152. The highest BCUT2D eigenvalue weighted by atomic mass is 32.1. The van der Waals surface area contributed by atoms with E-state index in [-0.39, 0.29) is 17.9 Å². The van der Waals surface area contributed by atoms with E-state index in [2.05, 4.69) is 10.7 Å². The van der Waals surface area contributed by atoms with Crippen molar-refractivity contribution in [2.75, 3.05) is 7.05 Å². The topological polar surface area (TPSA) is 58.6 Å². The minimum atomic E-state index is -0.501. The molecule has 0 saturated heterocycles. The van der Waals surface area contributed by atoms with Crippen LogP contribution >= 0.6 is 11.3 Å². The first-order chi connectivity index (χ1) is 10.7. The largest absolute Gasteiger partial charge is 0.444 e. The van der Waals surface area contributed by atoms with Crippen LogP contribution < -0.4 is 5.32 Å². The molecule has 1 saturated carbocycles. The maximum Gasteiger partial charge on any atom is 0.407 e. The number of carbonyl (C=O) groups is 2. The van der Waals surface area contributed by atoms with Gasteiger partial charge in [0, 0.05) is 25.6 Å². The van der Waals surface area contributed by atoms with Gasteiger partial charge in [0.15, 0.2) is 0 Å². The van der Waals surface area contributed by atoms with Gasteiger partial charge in [-0.15, -0.1) is 0 Å². The summed E-state index contributed by atoms with van der Waals surface area (Å²) in [5.74, 6) is 0.142. The Hall–Kier alpha value is -1.56. The minimum Gasteiger partial charge on any atom is -0.444 e. The molecule has 0 spiro atoms. The highest BCUT2D eigenvalue weighted by Gasteiger charge is 2.33. The SMILES string of the molecule is CN(Cc1ccsc1)C(=O)[C@H]1CC[C@@H](NC(=O)OC(C)(C)C)C1. The van der Waals surface area contributed by atoms with Gasteiger partial charge in [-0.1, -0.05) is 0 Å². The Balaban J connectivity index is 1.80. The molecule has 1 N–H and O–H groups in total. The van der Waals surface area contributed by atoms with Crippen molar-refractivity contribution < 1.29 is 14.3 Å². The average molecular weight is 338 g/mol. The number of hydrogen-bond donors (Lipinski definition) is 1. The van der Waals surface area contributed by atoms with Gasteiger partial charge >= 0.3 is 6.09 Å². The van der Waals surface area contributed by atoms with E-state index < -0.39 is 11.7 Å². The van der Waals surface area contributed by atoms with Crippen LogP contribution in [0.25, 0.3) is 0 Å². The van der Waals surface area contributed by atoms with Crippen LogP contribution in [0.4, 0.5) is 4.79 Å². The average Bonchev–Trinajstić information content (AvgIpc) is 3.07. The second-order valence-corrected chi connectivity index (χ2v) is 7.96. The predicted molar refractivity (Wildman–Crippen MR) is 91.3 cm³/mol. The summed E-state index contributed by atoms with van der Waals surface area (Å²) in [5.41, 5.74) is 0.658. The number of rotatable bonds is 4. The first-order valence-corrected chi connectivity index (χ1v) is 8.94. The molecule has 2 atom stereocenters. The third-order valence-corrected chi connectivity index (χ3v) is 4.61. The number of thiophene rings is 1. The van der Waals surface area contributed by atoms with Crippen LogP contribution in [0, 0.1) is 5.92 Å². The van der Waals surface area contributed by atoms with E-state index >= 15 is 0 Å². The van der Waals surface area contributed by atoms with Gasteiger partial charge in [0.1, 0.15) is 5.60 Å². The lowest BCUT2D eigenvalue weighted by Crippen LogP contribution is -2.38. The summed E-state index contributed by atoms with van der Waals surface area (Å²) in [6.07, 6.45) is 1.92. The molecule has 1 aromatic rings. The summed E-state index contributed by atoms with van der Waals surface area (Å²) in [5, 5.41) is 6.95. The standard InChI is InChI=1S/C17H26N2O3S/c1-17(2,3)22-16(21)18-14-6-5-13(9-14)15(20)19(4)10-12-7-8-23-11-12/h7-8,11,13-14H,5-6,9-10H2,1-4H3,(H,18,21)/t13-,14+/m0/s1. The monoisotopic (exact) mass is 338 g/mol. The molecule has 23 heavy (non-hydrogen) atoms. The molecule has 5 nitrogen and oxygen atoms in total. The summed E-state index contributed by atoms with van der Waals surface area (Å²) in [7, 11) is 1.84. The zero-order chi connectivity index (χ0) is 17.0. The lowest BCUT2D eigenvalue weighted by atomic mass is 10.1. The predicted octanol–water partition coefficient (Wildman–Crippen LogP) is 3.40. The number of ether oxygens (including phenoxy) is 1. The lowest BCUT2D eigenvalue weighted by Gasteiger charge is -2.22. The molecule has 1 heterocycles. The number of carbonyl (C=O) groups excluding carboxylic acids is 2. The normalized spacial score (nSPS) is 21.0. The van der Waals surface area contributed by atoms with Gasteiger partial charge in [0.2, 0.25) is 5.91 Å². The van der Waals surface area contributed by atoms with Gasteiger partial charge in [-0.3, -0.25) is 4.79 Å². The molecule has 0 aliphatic heterocycles. The van der Waals surface area contributed by atoms with Crippen LogP contribution in [0.15, 0.2) is 16.8 Å². The molecule has 0 radical (unpaired) electrons. The summed E-state index contributed by atoms with van der Waals surface area (Å²) in [6, 6.07) is 2.06. The Morgan fingerprint density at radius 1 is 1.39 bits per heavy atom. The molecule has 6 heteroatoms. The van der Waals surface area contributed by atoms with Crippen molar-refractivity contribution in [3.8, 4) is 0 Å². The summed E-state index contributed by atoms with van der Waals surface area (Å²) < 4.78 is 5.27. The van der Waals surface area contributed by atoms with Crippen LogP contribution in [0.3, 0.4) is 0 Å². The van der Waals surface area contributed by atoms with E-state index in [9.17, 15) is 9.59 Å². The van der Waals surface area contributed by atoms with E-state index in [4.69, 9.17) is 4.74 Å². The van der Waals surface area contributed by atoms with Crippen molar-refractivity contribution in [2.45, 2.75) is 58.2 Å². The molecule has 2 rings (SSSR count). The van der Waals surface area contributed by atoms with Crippen LogP contribution in [0.5, 0.6) is 0 Å². The second kappa shape index (κ2) is 7.34. The Morgan fingerprint density at radius 2 is 2.13 bits per heavy atom. The molecular formula is C17H26N2O3S. The number of nitrogens with zero attached hydrogens (tertiary/aromatic N) is 1. The number of alkyl carbamates (subject to hydrolysis) is 1. The fourth-order valence-corrected chi connectivity index (χ4v) is 3.52. The summed E-state index contributed by atoms with van der Waals surface area (Å²) in [6.45, 7) is 6.16. The maximum absolute atomic E-state index is 12.5. The third-order valence-electron chi connectivity index (χ3n) is 3.88. The first-order valence-electron chi connectivity index (χ1n) is 8.00. The van der Waals surface area contributed by atoms with Crippen molar-refractivity contribution in [3.63, 3.8) is 0 Å². The molecule has 0 aromatic carbocycles.